The maximum absolute atomic E-state index is 13.0. The van der Waals surface area contributed by atoms with Crippen molar-refractivity contribution in [3.63, 3.8) is 0 Å². The predicted molar refractivity (Wildman–Crippen MR) is 63.4 cm³/mol. The molecule has 0 radical (unpaired) electrons. The maximum atomic E-state index is 13.0. The van der Waals surface area contributed by atoms with Gasteiger partial charge in [0.2, 0.25) is 5.75 Å². The fraction of sp³-hybridized carbons (Fsp3) is 0.182. The van der Waals surface area contributed by atoms with E-state index in [4.69, 9.17) is 16.3 Å². The van der Waals surface area contributed by atoms with Gasteiger partial charge < -0.3 is 4.74 Å². The Hall–Kier alpha value is -1.95. The summed E-state index contributed by atoms with van der Waals surface area (Å²) < 4.78 is 19.1. The third kappa shape index (κ3) is 2.48. The van der Waals surface area contributed by atoms with E-state index in [1.54, 1.807) is 0 Å². The smallest absolute Gasteiger partial charge is 0.297 e. The molecular formula is C11H9ClFN3O2. The van der Waals surface area contributed by atoms with E-state index in [2.05, 4.69) is 9.97 Å². The van der Waals surface area contributed by atoms with Crippen molar-refractivity contribution in [1.29, 1.82) is 0 Å². The molecule has 2 aromatic rings. The molecule has 5 nitrogen and oxygen atoms in total. The van der Waals surface area contributed by atoms with Crippen LogP contribution in [0.4, 0.5) is 4.39 Å². The summed E-state index contributed by atoms with van der Waals surface area (Å²) in [5, 5.41) is -0.00360. The minimum atomic E-state index is -0.463. The number of hydrogen-bond donors (Lipinski definition) is 0. The maximum Gasteiger partial charge on any atom is 0.297 e. The van der Waals surface area contributed by atoms with Crippen molar-refractivity contribution < 1.29 is 9.13 Å². The molecule has 94 valence electrons. The fourth-order valence-electron chi connectivity index (χ4n) is 1.47. The standard InChI is InChI=1S/C11H9ClFN3O2/c1-18-9-10(12)15-6-16(11(9)17)5-7-2-8(13)4-14-3-7/h2-4,6H,5H2,1H3. The second-order valence-corrected chi connectivity index (χ2v) is 3.87. The molecule has 0 aromatic carbocycles. The summed E-state index contributed by atoms with van der Waals surface area (Å²) in [7, 11) is 1.33. The first-order valence-electron chi connectivity index (χ1n) is 5.00. The van der Waals surface area contributed by atoms with Gasteiger partial charge in [-0.2, -0.15) is 0 Å². The Bertz CT molecular complexity index is 630. The molecule has 2 heterocycles. The molecule has 2 aromatic heterocycles. The summed E-state index contributed by atoms with van der Waals surface area (Å²) in [4.78, 5) is 19.4. The highest BCUT2D eigenvalue weighted by Gasteiger charge is 2.10. The summed E-state index contributed by atoms with van der Waals surface area (Å²) in [5.74, 6) is -0.502. The lowest BCUT2D eigenvalue weighted by molar-refractivity contribution is 0.400. The van der Waals surface area contributed by atoms with Crippen molar-refractivity contribution in [1.82, 2.24) is 14.5 Å². The molecule has 0 aliphatic rings. The van der Waals surface area contributed by atoms with E-state index in [0.29, 0.717) is 5.56 Å². The van der Waals surface area contributed by atoms with Gasteiger partial charge in [-0.05, 0) is 11.6 Å². The summed E-state index contributed by atoms with van der Waals surface area (Å²) >= 11 is 5.71. The van der Waals surface area contributed by atoms with Crippen molar-refractivity contribution in [2.45, 2.75) is 6.54 Å². The van der Waals surface area contributed by atoms with Gasteiger partial charge in [0, 0.05) is 6.20 Å². The van der Waals surface area contributed by atoms with E-state index in [1.807, 2.05) is 0 Å². The first-order chi connectivity index (χ1) is 8.61. The van der Waals surface area contributed by atoms with Crippen LogP contribution in [0.2, 0.25) is 5.15 Å². The van der Waals surface area contributed by atoms with Gasteiger partial charge in [0.1, 0.15) is 5.82 Å². The molecule has 0 fully saturated rings. The molecule has 0 saturated carbocycles. The molecule has 7 heteroatoms. The van der Waals surface area contributed by atoms with Crippen molar-refractivity contribution in [2.75, 3.05) is 7.11 Å². The number of nitrogens with zero attached hydrogens (tertiary/aromatic N) is 3. The van der Waals surface area contributed by atoms with Crippen LogP contribution < -0.4 is 10.3 Å². The van der Waals surface area contributed by atoms with E-state index < -0.39 is 11.4 Å². The first-order valence-corrected chi connectivity index (χ1v) is 5.38. The van der Waals surface area contributed by atoms with E-state index in [9.17, 15) is 9.18 Å². The topological polar surface area (TPSA) is 57.0 Å². The first kappa shape index (κ1) is 12.5. The highest BCUT2D eigenvalue weighted by atomic mass is 35.5. The summed E-state index contributed by atoms with van der Waals surface area (Å²) in [6.45, 7) is 0.143. The van der Waals surface area contributed by atoms with Crippen LogP contribution in [0.15, 0.2) is 29.6 Å². The Balaban J connectivity index is 2.39. The number of methoxy groups -OCH3 is 1. The number of hydrogen-bond acceptors (Lipinski definition) is 4. The molecule has 0 saturated heterocycles. The van der Waals surface area contributed by atoms with Gasteiger partial charge in [0.15, 0.2) is 5.15 Å². The molecule has 2 rings (SSSR count). The molecular weight excluding hydrogens is 261 g/mol. The van der Waals surface area contributed by atoms with Crippen LogP contribution in [0.25, 0.3) is 0 Å². The zero-order valence-electron chi connectivity index (χ0n) is 9.43. The summed E-state index contributed by atoms with van der Waals surface area (Å²) in [6, 6.07) is 1.29. The molecule has 0 bridgehead atoms. The average molecular weight is 270 g/mol. The van der Waals surface area contributed by atoms with Crippen molar-refractivity contribution >= 4 is 11.6 Å². The molecule has 0 atom stereocenters. The molecule has 0 N–H and O–H groups in total. The monoisotopic (exact) mass is 269 g/mol. The van der Waals surface area contributed by atoms with Gasteiger partial charge in [-0.1, -0.05) is 11.6 Å². The van der Waals surface area contributed by atoms with Gasteiger partial charge in [0.05, 0.1) is 26.2 Å². The van der Waals surface area contributed by atoms with E-state index in [0.717, 1.165) is 6.20 Å². The van der Waals surface area contributed by atoms with Crippen LogP contribution in [0.3, 0.4) is 0 Å². The second-order valence-electron chi connectivity index (χ2n) is 3.51. The lowest BCUT2D eigenvalue weighted by Crippen LogP contribution is -2.22. The largest absolute Gasteiger partial charge is 0.489 e. The highest BCUT2D eigenvalue weighted by molar-refractivity contribution is 6.30. The number of ether oxygens (including phenoxy) is 1. The molecule has 18 heavy (non-hydrogen) atoms. The molecule has 0 spiro atoms. The quantitative estimate of drug-likeness (QED) is 0.792. The lowest BCUT2D eigenvalue weighted by Gasteiger charge is -2.07. The molecule has 0 aliphatic carbocycles. The van der Waals surface area contributed by atoms with E-state index in [-0.39, 0.29) is 17.4 Å². The summed E-state index contributed by atoms with van der Waals surface area (Å²) in [5.41, 5.74) is 0.116. The van der Waals surface area contributed by atoms with Crippen LogP contribution in [0.1, 0.15) is 5.56 Å². The van der Waals surface area contributed by atoms with Gasteiger partial charge in [-0.3, -0.25) is 14.3 Å². The van der Waals surface area contributed by atoms with Gasteiger partial charge in [0.25, 0.3) is 5.56 Å². The Morgan fingerprint density at radius 1 is 1.50 bits per heavy atom. The van der Waals surface area contributed by atoms with Crippen molar-refractivity contribution in [2.24, 2.45) is 0 Å². The predicted octanol–water partition coefficient (Wildman–Crippen LogP) is 1.49. The molecule has 0 unspecified atom stereocenters. The van der Waals surface area contributed by atoms with Crippen molar-refractivity contribution in [3.8, 4) is 5.75 Å². The average Bonchev–Trinajstić information content (AvgIpc) is 2.34. The third-order valence-electron chi connectivity index (χ3n) is 2.27. The van der Waals surface area contributed by atoms with Crippen LogP contribution in [0.5, 0.6) is 5.75 Å². The van der Waals surface area contributed by atoms with Crippen molar-refractivity contribution in [3.05, 3.63) is 51.7 Å². The number of rotatable bonds is 3. The van der Waals surface area contributed by atoms with E-state index >= 15 is 0 Å². The Morgan fingerprint density at radius 2 is 2.28 bits per heavy atom. The fourth-order valence-corrected chi connectivity index (χ4v) is 1.67. The SMILES string of the molecule is COc1c(Cl)ncn(Cc2cncc(F)c2)c1=O. The number of aromatic nitrogens is 3. The molecule has 0 aliphatic heterocycles. The number of halogens is 2. The van der Waals surface area contributed by atoms with Crippen LogP contribution in [-0.2, 0) is 6.54 Å². The van der Waals surface area contributed by atoms with E-state index in [1.165, 1.54) is 30.3 Å². The summed E-state index contributed by atoms with van der Waals surface area (Å²) in [6.07, 6.45) is 3.83. The van der Waals surface area contributed by atoms with Gasteiger partial charge in [-0.15, -0.1) is 0 Å². The minimum Gasteiger partial charge on any atom is -0.489 e. The number of pyridine rings is 1. The Morgan fingerprint density at radius 3 is 2.94 bits per heavy atom. The van der Waals surface area contributed by atoms with Crippen LogP contribution in [-0.4, -0.2) is 21.6 Å². The van der Waals surface area contributed by atoms with Gasteiger partial charge >= 0.3 is 0 Å². The third-order valence-corrected chi connectivity index (χ3v) is 2.54. The van der Waals surface area contributed by atoms with Gasteiger partial charge in [-0.25, -0.2) is 9.37 Å². The second kappa shape index (κ2) is 5.14. The van der Waals surface area contributed by atoms with Crippen LogP contribution in [0, 0.1) is 5.82 Å². The normalized spacial score (nSPS) is 10.4. The Labute approximate surface area is 107 Å². The zero-order chi connectivity index (χ0) is 13.1. The van der Waals surface area contributed by atoms with Crippen LogP contribution >= 0.6 is 11.6 Å². The zero-order valence-corrected chi connectivity index (χ0v) is 10.2. The Kier molecular flexibility index (Phi) is 3.57. The minimum absolute atomic E-state index is 0.00360. The highest BCUT2D eigenvalue weighted by Crippen LogP contribution is 2.15. The molecule has 0 amide bonds. The lowest BCUT2D eigenvalue weighted by atomic mass is 10.3.